The number of hydrogen-bond donors (Lipinski definition) is 0. The van der Waals surface area contributed by atoms with E-state index in [-0.39, 0.29) is 5.97 Å². The third-order valence-electron chi connectivity index (χ3n) is 1.85. The first-order valence-electron chi connectivity index (χ1n) is 4.53. The van der Waals surface area contributed by atoms with E-state index in [1.807, 2.05) is 19.9 Å². The van der Waals surface area contributed by atoms with Crippen LogP contribution >= 0.6 is 0 Å². The highest BCUT2D eigenvalue weighted by atomic mass is 16.5. The number of carbonyl (C=O) groups excluding carboxylic acids is 1. The topological polar surface area (TPSA) is 51.0 Å². The number of nitrogens with zero attached hydrogens (tertiary/aromatic N) is 2. The molecule has 0 atom stereocenters. The summed E-state index contributed by atoms with van der Waals surface area (Å²) in [6.07, 6.45) is 1.86. The van der Waals surface area contributed by atoms with E-state index in [1.165, 1.54) is 7.11 Å². The molecule has 0 bridgehead atoms. The van der Waals surface area contributed by atoms with Crippen molar-refractivity contribution in [2.24, 2.45) is 15.6 Å². The van der Waals surface area contributed by atoms with Crippen LogP contribution in [0.3, 0.4) is 0 Å². The minimum absolute atomic E-state index is 0.269. The maximum atomic E-state index is 11.2. The van der Waals surface area contributed by atoms with Crippen LogP contribution in [0, 0.1) is 5.41 Å². The molecule has 4 heteroatoms. The van der Waals surface area contributed by atoms with Gasteiger partial charge in [0.05, 0.1) is 24.8 Å². The molecule has 0 unspecified atom stereocenters. The maximum Gasteiger partial charge on any atom is 0.313 e. The predicted octanol–water partition coefficient (Wildman–Crippen LogP) is 2.56. The Labute approximate surface area is 85.1 Å². The molecule has 0 N–H and O–H groups in total. The lowest BCUT2D eigenvalue weighted by atomic mass is 9.94. The van der Waals surface area contributed by atoms with Crippen LogP contribution in [0.5, 0.6) is 0 Å². The second kappa shape index (κ2) is 5.52. The summed E-state index contributed by atoms with van der Waals surface area (Å²) in [7, 11) is 1.37. The number of esters is 1. The second-order valence-corrected chi connectivity index (χ2v) is 3.71. The second-order valence-electron chi connectivity index (χ2n) is 3.71. The number of ether oxygens (including phenoxy) is 1. The van der Waals surface area contributed by atoms with Gasteiger partial charge >= 0.3 is 5.97 Å². The lowest BCUT2D eigenvalue weighted by molar-refractivity contribution is -0.150. The average molecular weight is 198 g/mol. The summed E-state index contributed by atoms with van der Waals surface area (Å²) >= 11 is 0. The first-order valence-corrected chi connectivity index (χ1v) is 4.53. The van der Waals surface area contributed by atoms with Gasteiger partial charge in [-0.1, -0.05) is 6.08 Å². The van der Waals surface area contributed by atoms with Crippen LogP contribution in [-0.4, -0.2) is 19.6 Å². The van der Waals surface area contributed by atoms with Crippen molar-refractivity contribution in [3.8, 4) is 0 Å². The Bertz CT molecular complexity index is 255. The molecule has 0 aliphatic heterocycles. The predicted molar refractivity (Wildman–Crippen MR) is 55.0 cm³/mol. The number of allylic oxidation sites excluding steroid dienone is 2. The van der Waals surface area contributed by atoms with Crippen LogP contribution in [-0.2, 0) is 9.53 Å². The highest BCUT2D eigenvalue weighted by Crippen LogP contribution is 2.17. The SMILES string of the molecule is C/C=C(/C)N=NCC(C)(C)C(=O)OC. The van der Waals surface area contributed by atoms with Crippen LogP contribution in [0.2, 0.25) is 0 Å². The highest BCUT2D eigenvalue weighted by Gasteiger charge is 2.28. The van der Waals surface area contributed by atoms with E-state index in [1.54, 1.807) is 13.8 Å². The zero-order chi connectivity index (χ0) is 11.2. The molecular formula is C10H18N2O2. The molecule has 14 heavy (non-hydrogen) atoms. The summed E-state index contributed by atoms with van der Waals surface area (Å²) in [6.45, 7) is 7.64. The van der Waals surface area contributed by atoms with Crippen molar-refractivity contribution in [2.75, 3.05) is 13.7 Å². The molecule has 0 heterocycles. The van der Waals surface area contributed by atoms with Crippen molar-refractivity contribution in [1.29, 1.82) is 0 Å². The van der Waals surface area contributed by atoms with Gasteiger partial charge in [0.25, 0.3) is 0 Å². The van der Waals surface area contributed by atoms with Crippen molar-refractivity contribution in [3.05, 3.63) is 11.8 Å². The van der Waals surface area contributed by atoms with Crippen molar-refractivity contribution >= 4 is 5.97 Å². The zero-order valence-electron chi connectivity index (χ0n) is 9.50. The number of methoxy groups -OCH3 is 1. The first kappa shape index (κ1) is 12.8. The molecule has 0 saturated carbocycles. The minimum atomic E-state index is -0.605. The summed E-state index contributed by atoms with van der Waals surface area (Å²) in [5, 5.41) is 7.86. The van der Waals surface area contributed by atoms with Crippen LogP contribution in [0.15, 0.2) is 22.0 Å². The fraction of sp³-hybridized carbons (Fsp3) is 0.700. The molecule has 0 saturated heterocycles. The fourth-order valence-corrected chi connectivity index (χ4v) is 0.722. The van der Waals surface area contributed by atoms with Crippen molar-refractivity contribution < 1.29 is 9.53 Å². The highest BCUT2D eigenvalue weighted by molar-refractivity contribution is 5.76. The Balaban J connectivity index is 4.25. The van der Waals surface area contributed by atoms with Gasteiger partial charge in [0, 0.05) is 0 Å². The summed E-state index contributed by atoms with van der Waals surface area (Å²) in [6, 6.07) is 0. The molecule has 0 spiro atoms. The van der Waals surface area contributed by atoms with Crippen molar-refractivity contribution in [2.45, 2.75) is 27.7 Å². The monoisotopic (exact) mass is 198 g/mol. The fourth-order valence-electron chi connectivity index (χ4n) is 0.722. The van der Waals surface area contributed by atoms with E-state index in [4.69, 9.17) is 0 Å². The first-order chi connectivity index (χ1) is 6.44. The van der Waals surface area contributed by atoms with E-state index >= 15 is 0 Å². The quantitative estimate of drug-likeness (QED) is 0.515. The largest absolute Gasteiger partial charge is 0.469 e. The summed E-state index contributed by atoms with van der Waals surface area (Å²) < 4.78 is 4.64. The molecule has 0 aromatic carbocycles. The van der Waals surface area contributed by atoms with Gasteiger partial charge in [-0.2, -0.15) is 10.2 Å². The number of azo groups is 1. The van der Waals surface area contributed by atoms with Crippen LogP contribution in [0.25, 0.3) is 0 Å². The number of hydrogen-bond acceptors (Lipinski definition) is 4. The molecule has 0 rings (SSSR count). The molecular weight excluding hydrogens is 180 g/mol. The Hall–Kier alpha value is -1.19. The Morgan fingerprint density at radius 3 is 2.50 bits per heavy atom. The molecule has 0 fully saturated rings. The minimum Gasteiger partial charge on any atom is -0.469 e. The molecule has 80 valence electrons. The third kappa shape index (κ3) is 4.16. The number of rotatable bonds is 4. The van der Waals surface area contributed by atoms with Crippen molar-refractivity contribution in [1.82, 2.24) is 0 Å². The van der Waals surface area contributed by atoms with Gasteiger partial charge in [-0.15, -0.1) is 0 Å². The molecule has 0 aliphatic carbocycles. The molecule has 0 amide bonds. The van der Waals surface area contributed by atoms with Crippen LogP contribution in [0.4, 0.5) is 0 Å². The van der Waals surface area contributed by atoms with E-state index in [0.717, 1.165) is 5.70 Å². The number of carbonyl (C=O) groups is 1. The maximum absolute atomic E-state index is 11.2. The summed E-state index contributed by atoms with van der Waals surface area (Å²) in [4.78, 5) is 11.2. The molecule has 0 aromatic rings. The van der Waals surface area contributed by atoms with Gasteiger partial charge in [0.2, 0.25) is 0 Å². The average Bonchev–Trinajstić information content (AvgIpc) is 2.15. The van der Waals surface area contributed by atoms with Gasteiger partial charge in [-0.05, 0) is 27.7 Å². The standard InChI is InChI=1S/C10H18N2O2/c1-6-8(2)12-11-7-10(3,4)9(13)14-5/h6H,7H2,1-5H3/b8-6-,12-11?. The van der Waals surface area contributed by atoms with Gasteiger partial charge in [-0.25, -0.2) is 0 Å². The molecule has 0 radical (unpaired) electrons. The lowest BCUT2D eigenvalue weighted by Gasteiger charge is -2.17. The van der Waals surface area contributed by atoms with Crippen LogP contribution in [0.1, 0.15) is 27.7 Å². The van der Waals surface area contributed by atoms with Gasteiger partial charge in [0.15, 0.2) is 0 Å². The Morgan fingerprint density at radius 2 is 2.07 bits per heavy atom. The van der Waals surface area contributed by atoms with E-state index in [0.29, 0.717) is 6.54 Å². The Kier molecular flexibility index (Phi) is 5.05. The van der Waals surface area contributed by atoms with E-state index in [2.05, 4.69) is 15.0 Å². The summed E-state index contributed by atoms with van der Waals surface area (Å²) in [5.41, 5.74) is 0.234. The molecule has 0 aliphatic rings. The van der Waals surface area contributed by atoms with E-state index < -0.39 is 5.41 Å². The van der Waals surface area contributed by atoms with Gasteiger partial charge in [-0.3, -0.25) is 4.79 Å². The normalized spacial score (nSPS) is 13.4. The summed E-state index contributed by atoms with van der Waals surface area (Å²) in [5.74, 6) is -0.269. The van der Waals surface area contributed by atoms with E-state index in [9.17, 15) is 4.79 Å². The zero-order valence-corrected chi connectivity index (χ0v) is 9.50. The molecule has 4 nitrogen and oxygen atoms in total. The van der Waals surface area contributed by atoms with Gasteiger partial charge in [0.1, 0.15) is 0 Å². The third-order valence-corrected chi connectivity index (χ3v) is 1.85. The molecule has 0 aromatic heterocycles. The smallest absolute Gasteiger partial charge is 0.313 e. The van der Waals surface area contributed by atoms with Crippen LogP contribution < -0.4 is 0 Å². The Morgan fingerprint density at radius 1 is 1.50 bits per heavy atom. The van der Waals surface area contributed by atoms with Gasteiger partial charge < -0.3 is 4.74 Å². The lowest BCUT2D eigenvalue weighted by Crippen LogP contribution is -2.28. The van der Waals surface area contributed by atoms with Crippen molar-refractivity contribution in [3.63, 3.8) is 0 Å².